The maximum absolute atomic E-state index is 6.03. The van der Waals surface area contributed by atoms with Crippen LogP contribution in [0.3, 0.4) is 0 Å². The fourth-order valence-corrected chi connectivity index (χ4v) is 3.26. The molecule has 0 aliphatic heterocycles. The monoisotopic (exact) mass is 341 g/mol. The fraction of sp³-hybridized carbons (Fsp3) is 0.556. The van der Waals surface area contributed by atoms with Gasteiger partial charge in [0, 0.05) is 29.1 Å². The molecule has 0 bridgehead atoms. The zero-order chi connectivity index (χ0) is 10.6. The van der Waals surface area contributed by atoms with E-state index >= 15 is 0 Å². The topological polar surface area (TPSA) is 35.2 Å². The molecule has 1 aromatic heterocycles. The van der Waals surface area contributed by atoms with Crippen molar-refractivity contribution in [2.75, 3.05) is 13.7 Å². The van der Waals surface area contributed by atoms with Crippen molar-refractivity contribution in [3.8, 4) is 0 Å². The second-order valence-corrected chi connectivity index (χ2v) is 6.27. The van der Waals surface area contributed by atoms with Gasteiger partial charge in [0.1, 0.15) is 0 Å². The van der Waals surface area contributed by atoms with E-state index < -0.39 is 0 Å². The van der Waals surface area contributed by atoms with Gasteiger partial charge >= 0.3 is 0 Å². The molecule has 0 saturated carbocycles. The molecule has 1 atom stereocenters. The smallest absolute Gasteiger partial charge is 0.0843 e. The lowest BCUT2D eigenvalue weighted by Gasteiger charge is -2.08. The molecular weight excluding hydrogens is 330 g/mol. The molecule has 2 N–H and O–H groups in total. The Morgan fingerprint density at radius 3 is 2.79 bits per heavy atom. The van der Waals surface area contributed by atoms with Crippen molar-refractivity contribution >= 4 is 43.2 Å². The third kappa shape index (κ3) is 3.62. The molecule has 80 valence electrons. The van der Waals surface area contributed by atoms with Gasteiger partial charge in [-0.15, -0.1) is 11.3 Å². The summed E-state index contributed by atoms with van der Waals surface area (Å²) in [4.78, 5) is 1.21. The van der Waals surface area contributed by atoms with E-state index in [9.17, 15) is 0 Å². The minimum absolute atomic E-state index is 0.123. The standard InChI is InChI=1S/C9H13Br2NOS/c1-13-4-2-3-7(12)8-5-6(10)9(11)14-8/h5,7H,2-4,12H2,1H3. The number of methoxy groups -OCH3 is 1. The summed E-state index contributed by atoms with van der Waals surface area (Å²) >= 11 is 8.59. The Morgan fingerprint density at radius 2 is 2.29 bits per heavy atom. The second kappa shape index (κ2) is 6.23. The third-order valence-corrected chi connectivity index (χ3v) is 5.28. The first-order valence-electron chi connectivity index (χ1n) is 4.34. The number of hydrogen-bond donors (Lipinski definition) is 1. The highest BCUT2D eigenvalue weighted by molar-refractivity contribution is 9.13. The molecule has 1 aromatic rings. The number of halogens is 2. The van der Waals surface area contributed by atoms with Gasteiger partial charge < -0.3 is 10.5 Å². The predicted molar refractivity (Wildman–Crippen MR) is 67.8 cm³/mol. The summed E-state index contributed by atoms with van der Waals surface area (Å²) in [6.07, 6.45) is 1.97. The third-order valence-electron chi connectivity index (χ3n) is 1.89. The normalized spacial score (nSPS) is 13.1. The van der Waals surface area contributed by atoms with Crippen molar-refractivity contribution in [3.05, 3.63) is 19.2 Å². The van der Waals surface area contributed by atoms with Crippen molar-refractivity contribution in [2.45, 2.75) is 18.9 Å². The average molecular weight is 343 g/mol. The van der Waals surface area contributed by atoms with Crippen LogP contribution in [-0.2, 0) is 4.74 Å². The largest absolute Gasteiger partial charge is 0.385 e. The highest BCUT2D eigenvalue weighted by Crippen LogP contribution is 2.35. The molecule has 0 aromatic carbocycles. The van der Waals surface area contributed by atoms with Crippen LogP contribution in [-0.4, -0.2) is 13.7 Å². The zero-order valence-corrected chi connectivity index (χ0v) is 11.9. The highest BCUT2D eigenvalue weighted by atomic mass is 79.9. The molecule has 14 heavy (non-hydrogen) atoms. The van der Waals surface area contributed by atoms with Crippen LogP contribution in [0.5, 0.6) is 0 Å². The summed E-state index contributed by atoms with van der Waals surface area (Å²) in [6.45, 7) is 0.779. The lowest BCUT2D eigenvalue weighted by atomic mass is 10.1. The van der Waals surface area contributed by atoms with Crippen LogP contribution in [0, 0.1) is 0 Å². The molecule has 0 aliphatic rings. The predicted octanol–water partition coefficient (Wildman–Crippen LogP) is 3.70. The van der Waals surface area contributed by atoms with Gasteiger partial charge in [0.25, 0.3) is 0 Å². The van der Waals surface area contributed by atoms with Crippen LogP contribution >= 0.6 is 43.2 Å². The first kappa shape index (κ1) is 12.6. The fourth-order valence-electron chi connectivity index (χ4n) is 1.14. The summed E-state index contributed by atoms with van der Waals surface area (Å²) in [7, 11) is 1.71. The van der Waals surface area contributed by atoms with Gasteiger partial charge in [0.15, 0.2) is 0 Å². The molecule has 2 nitrogen and oxygen atoms in total. The van der Waals surface area contributed by atoms with Crippen molar-refractivity contribution in [2.24, 2.45) is 5.73 Å². The van der Waals surface area contributed by atoms with Crippen molar-refractivity contribution < 1.29 is 4.74 Å². The summed E-state index contributed by atoms with van der Waals surface area (Å²) in [5, 5.41) is 0. The molecular formula is C9H13Br2NOS. The highest BCUT2D eigenvalue weighted by Gasteiger charge is 2.11. The Kier molecular flexibility index (Phi) is 5.62. The Morgan fingerprint density at radius 1 is 1.57 bits per heavy atom. The first-order chi connectivity index (χ1) is 6.65. The molecule has 0 saturated heterocycles. The van der Waals surface area contributed by atoms with Crippen LogP contribution < -0.4 is 5.73 Å². The van der Waals surface area contributed by atoms with Gasteiger partial charge in [-0.25, -0.2) is 0 Å². The molecule has 1 rings (SSSR count). The van der Waals surface area contributed by atoms with Crippen LogP contribution in [0.1, 0.15) is 23.8 Å². The van der Waals surface area contributed by atoms with Gasteiger partial charge in [-0.05, 0) is 50.8 Å². The molecule has 0 fully saturated rings. The molecule has 1 unspecified atom stereocenters. The number of rotatable bonds is 5. The zero-order valence-electron chi connectivity index (χ0n) is 7.93. The minimum Gasteiger partial charge on any atom is -0.385 e. The molecule has 0 amide bonds. The van der Waals surface area contributed by atoms with Gasteiger partial charge in [-0.3, -0.25) is 0 Å². The van der Waals surface area contributed by atoms with Crippen molar-refractivity contribution in [1.82, 2.24) is 0 Å². The van der Waals surface area contributed by atoms with Crippen LogP contribution in [0.4, 0.5) is 0 Å². The lowest BCUT2D eigenvalue weighted by molar-refractivity contribution is 0.190. The van der Waals surface area contributed by atoms with Gasteiger partial charge in [0.05, 0.1) is 3.79 Å². The summed E-state index contributed by atoms with van der Waals surface area (Å²) in [6, 6.07) is 2.20. The Hall–Kier alpha value is 0.580. The van der Waals surface area contributed by atoms with Crippen molar-refractivity contribution in [1.29, 1.82) is 0 Å². The van der Waals surface area contributed by atoms with E-state index in [0.717, 1.165) is 27.7 Å². The van der Waals surface area contributed by atoms with Gasteiger partial charge in [-0.1, -0.05) is 0 Å². The van der Waals surface area contributed by atoms with E-state index in [4.69, 9.17) is 10.5 Å². The number of nitrogens with two attached hydrogens (primary N) is 1. The molecule has 0 radical (unpaired) electrons. The summed E-state index contributed by atoms with van der Waals surface area (Å²) in [5.74, 6) is 0. The van der Waals surface area contributed by atoms with Gasteiger partial charge in [-0.2, -0.15) is 0 Å². The number of thiophene rings is 1. The quantitative estimate of drug-likeness (QED) is 0.828. The Labute approximate surface area is 105 Å². The molecule has 5 heteroatoms. The molecule has 0 spiro atoms. The Balaban J connectivity index is 2.47. The maximum atomic E-state index is 6.03. The molecule has 1 heterocycles. The van der Waals surface area contributed by atoms with Crippen LogP contribution in [0.15, 0.2) is 14.3 Å². The minimum atomic E-state index is 0.123. The number of hydrogen-bond acceptors (Lipinski definition) is 3. The van der Waals surface area contributed by atoms with E-state index in [1.54, 1.807) is 18.4 Å². The van der Waals surface area contributed by atoms with E-state index in [1.807, 2.05) is 0 Å². The van der Waals surface area contributed by atoms with E-state index in [1.165, 1.54) is 4.88 Å². The van der Waals surface area contributed by atoms with Gasteiger partial charge in [0.2, 0.25) is 0 Å². The van der Waals surface area contributed by atoms with E-state index in [-0.39, 0.29) is 6.04 Å². The summed E-state index contributed by atoms with van der Waals surface area (Å²) in [5.41, 5.74) is 6.03. The van der Waals surface area contributed by atoms with Crippen LogP contribution in [0.2, 0.25) is 0 Å². The maximum Gasteiger partial charge on any atom is 0.0843 e. The Bertz CT molecular complexity index is 271. The number of ether oxygens (including phenoxy) is 1. The second-order valence-electron chi connectivity index (χ2n) is 3.01. The SMILES string of the molecule is COCCCC(N)c1cc(Br)c(Br)s1. The lowest BCUT2D eigenvalue weighted by Crippen LogP contribution is -2.09. The molecule has 0 aliphatic carbocycles. The first-order valence-corrected chi connectivity index (χ1v) is 6.74. The van der Waals surface area contributed by atoms with Crippen molar-refractivity contribution in [3.63, 3.8) is 0 Å². The van der Waals surface area contributed by atoms with E-state index in [0.29, 0.717) is 0 Å². The van der Waals surface area contributed by atoms with E-state index in [2.05, 4.69) is 37.9 Å². The summed E-state index contributed by atoms with van der Waals surface area (Å²) < 4.78 is 7.18. The van der Waals surface area contributed by atoms with Crippen LogP contribution in [0.25, 0.3) is 0 Å². The average Bonchev–Trinajstić information content (AvgIpc) is 2.47.